The van der Waals surface area contributed by atoms with Gasteiger partial charge in [0.15, 0.2) is 0 Å². The number of rotatable bonds is 4. The van der Waals surface area contributed by atoms with Crippen LogP contribution in [-0.2, 0) is 0 Å². The summed E-state index contributed by atoms with van der Waals surface area (Å²) in [6, 6.07) is 6.98. The van der Waals surface area contributed by atoms with Gasteiger partial charge in [0, 0.05) is 12.1 Å². The maximum absolute atomic E-state index is 12.3. The Labute approximate surface area is 118 Å². The molecule has 0 saturated heterocycles. The number of benzene rings is 1. The summed E-state index contributed by atoms with van der Waals surface area (Å²) in [6.45, 7) is 0.871. The maximum Gasteiger partial charge on any atom is 0.262 e. The van der Waals surface area contributed by atoms with E-state index in [1.165, 1.54) is 4.90 Å². The summed E-state index contributed by atoms with van der Waals surface area (Å²) in [5.74, 6) is -0.409. The van der Waals surface area contributed by atoms with Gasteiger partial charge in [0.25, 0.3) is 11.8 Å². The number of carbonyl (C=O) groups is 2. The van der Waals surface area contributed by atoms with Gasteiger partial charge in [0.1, 0.15) is 0 Å². The van der Waals surface area contributed by atoms with Crippen LogP contribution in [0, 0.1) is 0 Å². The molecule has 0 bridgehead atoms. The molecule has 0 radical (unpaired) electrons. The SMILES string of the molecule is CN(CN1C(=O)c2ccccc2C1=O)C1(CN)CCC1. The van der Waals surface area contributed by atoms with Gasteiger partial charge < -0.3 is 5.73 Å². The molecule has 5 nitrogen and oxygen atoms in total. The Balaban J connectivity index is 1.80. The van der Waals surface area contributed by atoms with Crippen LogP contribution in [0.25, 0.3) is 0 Å². The van der Waals surface area contributed by atoms with Crippen LogP contribution in [0.15, 0.2) is 24.3 Å². The van der Waals surface area contributed by atoms with Gasteiger partial charge in [-0.2, -0.15) is 0 Å². The average Bonchev–Trinajstić information content (AvgIpc) is 2.64. The fourth-order valence-corrected chi connectivity index (χ4v) is 3.06. The van der Waals surface area contributed by atoms with Crippen LogP contribution in [0.2, 0.25) is 0 Å². The van der Waals surface area contributed by atoms with Crippen molar-refractivity contribution in [2.75, 3.05) is 20.3 Å². The molecule has 106 valence electrons. The number of hydrogen-bond acceptors (Lipinski definition) is 4. The van der Waals surface area contributed by atoms with Crippen LogP contribution >= 0.6 is 0 Å². The van der Waals surface area contributed by atoms with Crippen molar-refractivity contribution in [3.63, 3.8) is 0 Å². The Morgan fingerprint density at radius 2 is 1.75 bits per heavy atom. The van der Waals surface area contributed by atoms with Crippen molar-refractivity contribution < 1.29 is 9.59 Å². The van der Waals surface area contributed by atoms with Gasteiger partial charge in [-0.1, -0.05) is 12.1 Å². The topological polar surface area (TPSA) is 66.6 Å². The summed E-state index contributed by atoms with van der Waals surface area (Å²) in [4.78, 5) is 28.0. The summed E-state index contributed by atoms with van der Waals surface area (Å²) >= 11 is 0. The van der Waals surface area contributed by atoms with Gasteiger partial charge in [0.05, 0.1) is 17.8 Å². The summed E-state index contributed by atoms with van der Waals surface area (Å²) in [5, 5.41) is 0. The number of fused-ring (bicyclic) bond motifs is 1. The normalized spacial score (nSPS) is 20.2. The summed E-state index contributed by atoms with van der Waals surface area (Å²) in [7, 11) is 1.94. The molecule has 0 spiro atoms. The molecule has 1 saturated carbocycles. The van der Waals surface area contributed by atoms with Crippen LogP contribution in [-0.4, -0.2) is 47.4 Å². The van der Waals surface area contributed by atoms with Crippen molar-refractivity contribution >= 4 is 11.8 Å². The first-order valence-electron chi connectivity index (χ1n) is 6.95. The Bertz CT molecular complexity index is 525. The van der Waals surface area contributed by atoms with E-state index in [1.807, 2.05) is 7.05 Å². The quantitative estimate of drug-likeness (QED) is 0.833. The first kappa shape index (κ1) is 13.3. The summed E-state index contributed by atoms with van der Waals surface area (Å²) in [5.41, 5.74) is 6.82. The monoisotopic (exact) mass is 273 g/mol. The molecular weight excluding hydrogens is 254 g/mol. The van der Waals surface area contributed by atoms with Crippen molar-refractivity contribution in [3.05, 3.63) is 35.4 Å². The molecule has 3 rings (SSSR count). The van der Waals surface area contributed by atoms with Crippen LogP contribution in [0.5, 0.6) is 0 Å². The Morgan fingerprint density at radius 3 is 2.15 bits per heavy atom. The van der Waals surface area contributed by atoms with E-state index < -0.39 is 0 Å². The van der Waals surface area contributed by atoms with E-state index >= 15 is 0 Å². The smallest absolute Gasteiger partial charge is 0.262 e. The maximum atomic E-state index is 12.3. The van der Waals surface area contributed by atoms with Gasteiger partial charge >= 0.3 is 0 Å². The molecule has 0 unspecified atom stereocenters. The molecule has 1 aromatic carbocycles. The zero-order valence-electron chi connectivity index (χ0n) is 11.6. The van der Waals surface area contributed by atoms with E-state index in [1.54, 1.807) is 24.3 Å². The fourth-order valence-electron chi connectivity index (χ4n) is 3.06. The number of nitrogens with two attached hydrogens (primary N) is 1. The summed E-state index contributed by atoms with van der Waals surface area (Å²) < 4.78 is 0. The standard InChI is InChI=1S/C15H19N3O2/c1-17(15(9-16)7-4-8-15)10-18-13(19)11-5-2-3-6-12(11)14(18)20/h2-3,5-6H,4,7-10,16H2,1H3. The van der Waals surface area contributed by atoms with E-state index in [9.17, 15) is 9.59 Å². The molecule has 1 fully saturated rings. The predicted octanol–water partition coefficient (Wildman–Crippen LogP) is 1.05. The number of likely N-dealkylation sites (N-methyl/N-ethyl adjacent to an activating group) is 1. The van der Waals surface area contributed by atoms with Gasteiger partial charge in [-0.15, -0.1) is 0 Å². The molecule has 2 aliphatic rings. The number of imide groups is 1. The largest absolute Gasteiger partial charge is 0.329 e. The van der Waals surface area contributed by atoms with Crippen molar-refractivity contribution in [1.82, 2.24) is 9.80 Å². The van der Waals surface area contributed by atoms with Crippen molar-refractivity contribution in [2.24, 2.45) is 5.73 Å². The first-order valence-corrected chi connectivity index (χ1v) is 6.95. The zero-order valence-corrected chi connectivity index (χ0v) is 11.6. The fraction of sp³-hybridized carbons (Fsp3) is 0.467. The molecular formula is C15H19N3O2. The average molecular weight is 273 g/mol. The molecule has 1 heterocycles. The van der Waals surface area contributed by atoms with Gasteiger partial charge in [-0.25, -0.2) is 0 Å². The van der Waals surface area contributed by atoms with Crippen LogP contribution in [0.1, 0.15) is 40.0 Å². The van der Waals surface area contributed by atoms with E-state index in [4.69, 9.17) is 5.73 Å². The minimum absolute atomic E-state index is 0.0463. The predicted molar refractivity (Wildman–Crippen MR) is 75.2 cm³/mol. The minimum atomic E-state index is -0.205. The second-order valence-corrected chi connectivity index (χ2v) is 5.71. The molecule has 0 atom stereocenters. The minimum Gasteiger partial charge on any atom is -0.329 e. The number of amides is 2. The van der Waals surface area contributed by atoms with E-state index in [0.717, 1.165) is 19.3 Å². The first-order chi connectivity index (χ1) is 9.59. The van der Waals surface area contributed by atoms with Crippen molar-refractivity contribution in [3.8, 4) is 0 Å². The third kappa shape index (κ3) is 1.77. The lowest BCUT2D eigenvalue weighted by Crippen LogP contribution is -2.59. The highest BCUT2D eigenvalue weighted by molar-refractivity contribution is 6.21. The highest BCUT2D eigenvalue weighted by Crippen LogP contribution is 2.36. The third-order valence-corrected chi connectivity index (χ3v) is 4.71. The lowest BCUT2D eigenvalue weighted by Gasteiger charge is -2.48. The van der Waals surface area contributed by atoms with Crippen LogP contribution < -0.4 is 5.73 Å². The Morgan fingerprint density at radius 1 is 1.20 bits per heavy atom. The lowest BCUT2D eigenvalue weighted by atomic mass is 9.76. The summed E-state index contributed by atoms with van der Waals surface area (Å²) in [6.07, 6.45) is 3.22. The molecule has 0 aromatic heterocycles. The highest BCUT2D eigenvalue weighted by Gasteiger charge is 2.43. The highest BCUT2D eigenvalue weighted by atomic mass is 16.2. The van der Waals surface area contributed by atoms with Gasteiger partial charge in [-0.05, 0) is 38.4 Å². The number of carbonyl (C=O) groups excluding carboxylic acids is 2. The van der Waals surface area contributed by atoms with Crippen molar-refractivity contribution in [2.45, 2.75) is 24.8 Å². The van der Waals surface area contributed by atoms with Gasteiger partial charge in [0.2, 0.25) is 0 Å². The van der Waals surface area contributed by atoms with E-state index in [-0.39, 0.29) is 17.4 Å². The number of nitrogens with zero attached hydrogens (tertiary/aromatic N) is 2. The Hall–Kier alpha value is -1.72. The molecule has 20 heavy (non-hydrogen) atoms. The van der Waals surface area contributed by atoms with E-state index in [0.29, 0.717) is 24.3 Å². The second-order valence-electron chi connectivity index (χ2n) is 5.71. The van der Waals surface area contributed by atoms with Gasteiger partial charge in [-0.3, -0.25) is 19.4 Å². The van der Waals surface area contributed by atoms with Crippen molar-refractivity contribution in [1.29, 1.82) is 0 Å². The second kappa shape index (κ2) is 4.68. The third-order valence-electron chi connectivity index (χ3n) is 4.71. The van der Waals surface area contributed by atoms with Crippen LogP contribution in [0.3, 0.4) is 0 Å². The van der Waals surface area contributed by atoms with Crippen LogP contribution in [0.4, 0.5) is 0 Å². The zero-order chi connectivity index (χ0) is 14.3. The lowest BCUT2D eigenvalue weighted by molar-refractivity contribution is 0.00778. The molecule has 2 amide bonds. The molecule has 1 aliphatic carbocycles. The molecule has 2 N–H and O–H groups in total. The number of hydrogen-bond donors (Lipinski definition) is 1. The molecule has 1 aliphatic heterocycles. The molecule has 5 heteroatoms. The van der Waals surface area contributed by atoms with E-state index in [2.05, 4.69) is 4.90 Å². The molecule has 1 aromatic rings. The Kier molecular flexibility index (Phi) is 3.11.